The Morgan fingerprint density at radius 2 is 1.62 bits per heavy atom. The minimum Gasteiger partial charge on any atom is -0.354 e. The first-order chi connectivity index (χ1) is 10.2. The molecule has 1 amide bonds. The fourth-order valence-electron chi connectivity index (χ4n) is 2.86. The summed E-state index contributed by atoms with van der Waals surface area (Å²) < 4.78 is 0. The third-order valence-corrected chi connectivity index (χ3v) is 4.89. The van der Waals surface area contributed by atoms with Gasteiger partial charge in [0.05, 0.1) is 4.83 Å². The predicted octanol–water partition coefficient (Wildman–Crippen LogP) is 3.65. The van der Waals surface area contributed by atoms with Crippen LogP contribution in [0.25, 0.3) is 0 Å². The van der Waals surface area contributed by atoms with Crippen LogP contribution in [-0.2, 0) is 17.6 Å². The molecule has 0 bridgehead atoms. The Bertz CT molecular complexity index is 601. The van der Waals surface area contributed by atoms with E-state index in [2.05, 4.69) is 45.5 Å². The van der Waals surface area contributed by atoms with Crippen molar-refractivity contribution in [3.05, 3.63) is 71.3 Å². The number of carbonyl (C=O) groups excluding carboxylic acids is 1. The summed E-state index contributed by atoms with van der Waals surface area (Å²) in [6, 6.07) is 18.5. The molecule has 0 radical (unpaired) electrons. The zero-order valence-electron chi connectivity index (χ0n) is 11.8. The second kappa shape index (κ2) is 6.44. The maximum atomic E-state index is 12.3. The first-order valence-corrected chi connectivity index (χ1v) is 8.19. The Balaban J connectivity index is 1.54. The largest absolute Gasteiger partial charge is 0.354 e. The summed E-state index contributed by atoms with van der Waals surface area (Å²) >= 11 is 3.64. The minimum absolute atomic E-state index is 0.0814. The van der Waals surface area contributed by atoms with Crippen LogP contribution in [-0.4, -0.2) is 12.5 Å². The van der Waals surface area contributed by atoms with Crippen LogP contribution in [0.2, 0.25) is 0 Å². The van der Waals surface area contributed by atoms with Crippen molar-refractivity contribution < 1.29 is 4.79 Å². The number of hydrogen-bond acceptors (Lipinski definition) is 1. The van der Waals surface area contributed by atoms with E-state index in [9.17, 15) is 4.79 Å². The van der Waals surface area contributed by atoms with Gasteiger partial charge in [-0.15, -0.1) is 0 Å². The monoisotopic (exact) mass is 343 g/mol. The van der Waals surface area contributed by atoms with Gasteiger partial charge in [-0.05, 0) is 29.5 Å². The SMILES string of the molecule is O=C(NCC(Br)c1ccccc1)C1Cc2ccccc2C1. The molecule has 0 fully saturated rings. The second-order valence-electron chi connectivity index (χ2n) is 5.50. The fourth-order valence-corrected chi connectivity index (χ4v) is 3.33. The van der Waals surface area contributed by atoms with Gasteiger partial charge < -0.3 is 5.32 Å². The summed E-state index contributed by atoms with van der Waals surface area (Å²) in [6.45, 7) is 0.621. The van der Waals surface area contributed by atoms with Crippen molar-refractivity contribution in [2.75, 3.05) is 6.54 Å². The highest BCUT2D eigenvalue weighted by Crippen LogP contribution is 2.27. The lowest BCUT2D eigenvalue weighted by Gasteiger charge is -2.14. The maximum Gasteiger partial charge on any atom is 0.223 e. The highest BCUT2D eigenvalue weighted by Gasteiger charge is 2.27. The molecular formula is C18H18BrNO. The van der Waals surface area contributed by atoms with Crippen LogP contribution in [0.1, 0.15) is 21.5 Å². The summed E-state index contributed by atoms with van der Waals surface area (Å²) in [7, 11) is 0. The average Bonchev–Trinajstić information content (AvgIpc) is 2.97. The highest BCUT2D eigenvalue weighted by atomic mass is 79.9. The van der Waals surface area contributed by atoms with Gasteiger partial charge in [0.1, 0.15) is 0 Å². The molecule has 0 saturated heterocycles. The Kier molecular flexibility index (Phi) is 4.39. The zero-order chi connectivity index (χ0) is 14.7. The molecule has 1 atom stereocenters. The van der Waals surface area contributed by atoms with E-state index in [1.807, 2.05) is 30.3 Å². The van der Waals surface area contributed by atoms with Crippen LogP contribution in [0, 0.1) is 5.92 Å². The third-order valence-electron chi connectivity index (χ3n) is 4.04. The summed E-state index contributed by atoms with van der Waals surface area (Å²) in [6.07, 6.45) is 1.72. The van der Waals surface area contributed by atoms with Gasteiger partial charge in [0.2, 0.25) is 5.91 Å². The molecule has 3 rings (SSSR count). The average molecular weight is 344 g/mol. The van der Waals surface area contributed by atoms with Gasteiger partial charge in [-0.3, -0.25) is 4.79 Å². The lowest BCUT2D eigenvalue weighted by molar-refractivity contribution is -0.124. The van der Waals surface area contributed by atoms with Crippen LogP contribution in [0.3, 0.4) is 0 Å². The summed E-state index contributed by atoms with van der Waals surface area (Å²) in [5.41, 5.74) is 3.82. The van der Waals surface area contributed by atoms with Gasteiger partial charge in [-0.2, -0.15) is 0 Å². The first-order valence-electron chi connectivity index (χ1n) is 7.27. The van der Waals surface area contributed by atoms with E-state index in [4.69, 9.17) is 0 Å². The molecule has 0 saturated carbocycles. The van der Waals surface area contributed by atoms with Gasteiger partial charge in [0.15, 0.2) is 0 Å². The van der Waals surface area contributed by atoms with Crippen molar-refractivity contribution in [2.45, 2.75) is 17.7 Å². The fraction of sp³-hybridized carbons (Fsp3) is 0.278. The van der Waals surface area contributed by atoms with Gasteiger partial charge in [0.25, 0.3) is 0 Å². The molecule has 0 heterocycles. The van der Waals surface area contributed by atoms with E-state index >= 15 is 0 Å². The Hall–Kier alpha value is -1.61. The van der Waals surface area contributed by atoms with Crippen LogP contribution in [0.4, 0.5) is 0 Å². The lowest BCUT2D eigenvalue weighted by atomic mass is 10.1. The molecule has 2 nitrogen and oxygen atoms in total. The molecule has 1 unspecified atom stereocenters. The molecule has 1 N–H and O–H groups in total. The molecule has 3 heteroatoms. The van der Waals surface area contributed by atoms with E-state index in [0.717, 1.165) is 12.8 Å². The number of rotatable bonds is 4. The van der Waals surface area contributed by atoms with E-state index in [1.54, 1.807) is 0 Å². The molecule has 21 heavy (non-hydrogen) atoms. The number of halogens is 1. The molecule has 108 valence electrons. The first kappa shape index (κ1) is 14.3. The normalized spacial score (nSPS) is 15.5. The quantitative estimate of drug-likeness (QED) is 0.843. The summed E-state index contributed by atoms with van der Waals surface area (Å²) in [5.74, 6) is 0.240. The number of nitrogens with one attached hydrogen (secondary N) is 1. The van der Waals surface area contributed by atoms with Crippen molar-refractivity contribution in [1.82, 2.24) is 5.32 Å². The van der Waals surface area contributed by atoms with Crippen molar-refractivity contribution in [1.29, 1.82) is 0 Å². The molecule has 1 aliphatic rings. The molecular weight excluding hydrogens is 326 g/mol. The Morgan fingerprint density at radius 3 is 2.24 bits per heavy atom. The van der Waals surface area contributed by atoms with E-state index in [-0.39, 0.29) is 16.7 Å². The summed E-state index contributed by atoms with van der Waals surface area (Å²) in [5, 5.41) is 3.07. The predicted molar refractivity (Wildman–Crippen MR) is 88.5 cm³/mol. The molecule has 2 aromatic rings. The van der Waals surface area contributed by atoms with Crippen molar-refractivity contribution in [2.24, 2.45) is 5.92 Å². The molecule has 0 aliphatic heterocycles. The van der Waals surface area contributed by atoms with Gasteiger partial charge >= 0.3 is 0 Å². The molecule has 0 spiro atoms. The van der Waals surface area contributed by atoms with Crippen LogP contribution >= 0.6 is 15.9 Å². The number of alkyl halides is 1. The zero-order valence-corrected chi connectivity index (χ0v) is 13.3. The van der Waals surface area contributed by atoms with E-state index in [0.29, 0.717) is 6.54 Å². The van der Waals surface area contributed by atoms with E-state index < -0.39 is 0 Å². The Labute approximate surface area is 133 Å². The topological polar surface area (TPSA) is 29.1 Å². The number of amides is 1. The number of benzene rings is 2. The Morgan fingerprint density at radius 1 is 1.05 bits per heavy atom. The number of hydrogen-bond donors (Lipinski definition) is 1. The molecule has 1 aliphatic carbocycles. The van der Waals surface area contributed by atoms with E-state index in [1.165, 1.54) is 16.7 Å². The maximum absolute atomic E-state index is 12.3. The highest BCUT2D eigenvalue weighted by molar-refractivity contribution is 9.09. The third kappa shape index (κ3) is 3.35. The number of carbonyl (C=O) groups is 1. The molecule has 0 aromatic heterocycles. The van der Waals surface area contributed by atoms with Crippen LogP contribution in [0.15, 0.2) is 54.6 Å². The lowest BCUT2D eigenvalue weighted by Crippen LogP contribution is -2.33. The summed E-state index contributed by atoms with van der Waals surface area (Å²) in [4.78, 5) is 12.5. The van der Waals surface area contributed by atoms with Crippen molar-refractivity contribution >= 4 is 21.8 Å². The van der Waals surface area contributed by atoms with Gasteiger partial charge in [-0.25, -0.2) is 0 Å². The standard InChI is InChI=1S/C18H18BrNO/c19-17(13-6-2-1-3-7-13)12-20-18(21)16-10-14-8-4-5-9-15(14)11-16/h1-9,16-17H,10-12H2,(H,20,21). The van der Waals surface area contributed by atoms with Crippen molar-refractivity contribution in [3.8, 4) is 0 Å². The van der Waals surface area contributed by atoms with Gasteiger partial charge in [-0.1, -0.05) is 70.5 Å². The smallest absolute Gasteiger partial charge is 0.223 e. The van der Waals surface area contributed by atoms with Crippen LogP contribution < -0.4 is 5.32 Å². The minimum atomic E-state index is 0.0814. The van der Waals surface area contributed by atoms with Crippen molar-refractivity contribution in [3.63, 3.8) is 0 Å². The van der Waals surface area contributed by atoms with Crippen LogP contribution in [0.5, 0.6) is 0 Å². The number of fused-ring (bicyclic) bond motifs is 1. The molecule has 2 aromatic carbocycles. The second-order valence-corrected chi connectivity index (χ2v) is 6.60. The van der Waals surface area contributed by atoms with Gasteiger partial charge in [0, 0.05) is 12.5 Å².